The molecule has 0 spiro atoms. The first kappa shape index (κ1) is 23.2. The number of aliphatic imine (C=N–C) groups is 1. The highest BCUT2D eigenvalue weighted by Gasteiger charge is 2.26. The number of nitrogens with one attached hydrogen (secondary N) is 1. The van der Waals surface area contributed by atoms with Gasteiger partial charge in [0.25, 0.3) is 0 Å². The average Bonchev–Trinajstić information content (AvgIpc) is 3.22. The average molecular weight is 451 g/mol. The highest BCUT2D eigenvalue weighted by atomic mass is 19.1. The van der Waals surface area contributed by atoms with Crippen LogP contribution in [0.3, 0.4) is 0 Å². The molecular weight excluding hydrogens is 415 g/mol. The number of aryl methyl sites for hydroxylation is 1. The molecule has 6 nitrogen and oxygen atoms in total. The molecule has 1 aromatic carbocycles. The number of hydrogen-bond donors (Lipinski definition) is 1. The summed E-state index contributed by atoms with van der Waals surface area (Å²) in [6.07, 6.45) is 9.99. The van der Waals surface area contributed by atoms with E-state index >= 15 is 0 Å². The molecule has 4 rings (SSSR count). The van der Waals surface area contributed by atoms with Crippen LogP contribution in [-0.2, 0) is 13.6 Å². The summed E-state index contributed by atoms with van der Waals surface area (Å²) in [6.45, 7) is 13.2. The highest BCUT2D eigenvalue weighted by molar-refractivity contribution is 5.95. The van der Waals surface area contributed by atoms with Gasteiger partial charge in [-0.15, -0.1) is 0 Å². The Labute approximate surface area is 196 Å². The molecule has 2 fully saturated rings. The zero-order valence-electron chi connectivity index (χ0n) is 19.6. The molecule has 0 atom stereocenters. The van der Waals surface area contributed by atoms with Crippen LogP contribution in [0.2, 0.25) is 0 Å². The molecule has 3 heterocycles. The van der Waals surface area contributed by atoms with Crippen molar-refractivity contribution in [2.45, 2.75) is 44.7 Å². The van der Waals surface area contributed by atoms with Crippen molar-refractivity contribution < 1.29 is 4.39 Å². The standard InChI is InChI=1S/C26H35FN6/c1-4-25(33-16-12-23(13-17-33)32-14-6-5-7-15-32)30-26-24(19-29-31(26)3)20(2)28-18-21-8-10-22(27)11-9-21/h4,8-11,19,23,28H,1-2,5-7,12-18H2,3H3/b30-25+. The van der Waals surface area contributed by atoms with Crippen molar-refractivity contribution in [3.63, 3.8) is 0 Å². The molecule has 2 aliphatic rings. The summed E-state index contributed by atoms with van der Waals surface area (Å²) in [7, 11) is 1.89. The van der Waals surface area contributed by atoms with Crippen LogP contribution >= 0.6 is 0 Å². The molecule has 2 aliphatic heterocycles. The Hall–Kier alpha value is -2.93. The lowest BCUT2D eigenvalue weighted by Gasteiger charge is -2.40. The van der Waals surface area contributed by atoms with Crippen molar-refractivity contribution in [3.05, 3.63) is 66.6 Å². The number of hydrogen-bond acceptors (Lipinski definition) is 4. The first-order valence-corrected chi connectivity index (χ1v) is 11.9. The predicted octanol–water partition coefficient (Wildman–Crippen LogP) is 4.49. The zero-order valence-corrected chi connectivity index (χ0v) is 19.6. The number of amidine groups is 1. The van der Waals surface area contributed by atoms with Crippen LogP contribution in [0.5, 0.6) is 0 Å². The summed E-state index contributed by atoms with van der Waals surface area (Å²) in [5, 5.41) is 7.73. The molecule has 0 amide bonds. The van der Waals surface area contributed by atoms with Gasteiger partial charge in [-0.05, 0) is 62.5 Å². The van der Waals surface area contributed by atoms with Gasteiger partial charge >= 0.3 is 0 Å². The third kappa shape index (κ3) is 5.71. The minimum atomic E-state index is -0.238. The first-order chi connectivity index (χ1) is 16.0. The number of benzene rings is 1. The lowest BCUT2D eigenvalue weighted by Crippen LogP contribution is -2.47. The fourth-order valence-electron chi connectivity index (χ4n) is 4.78. The molecule has 7 heteroatoms. The van der Waals surface area contributed by atoms with E-state index in [-0.39, 0.29) is 5.82 Å². The molecule has 1 aromatic heterocycles. The number of aromatic nitrogens is 2. The number of halogens is 1. The van der Waals surface area contributed by atoms with E-state index in [2.05, 4.69) is 33.4 Å². The maximum Gasteiger partial charge on any atom is 0.161 e. The van der Waals surface area contributed by atoms with E-state index in [1.165, 1.54) is 44.5 Å². The van der Waals surface area contributed by atoms with Crippen molar-refractivity contribution in [2.75, 3.05) is 26.2 Å². The Kier molecular flexibility index (Phi) is 7.60. The van der Waals surface area contributed by atoms with Crippen LogP contribution in [0.25, 0.3) is 5.70 Å². The number of rotatable bonds is 7. The highest BCUT2D eigenvalue weighted by Crippen LogP contribution is 2.26. The van der Waals surface area contributed by atoms with Crippen LogP contribution in [0.1, 0.15) is 43.2 Å². The Morgan fingerprint density at radius 2 is 1.85 bits per heavy atom. The van der Waals surface area contributed by atoms with E-state index in [0.29, 0.717) is 12.6 Å². The van der Waals surface area contributed by atoms with Crippen LogP contribution in [0, 0.1) is 5.82 Å². The molecule has 1 N–H and O–H groups in total. The fraction of sp³-hybridized carbons (Fsp3) is 0.462. The van der Waals surface area contributed by atoms with Gasteiger partial charge in [-0.25, -0.2) is 9.38 Å². The number of piperidine rings is 2. The third-order valence-corrected chi connectivity index (χ3v) is 6.75. The molecule has 0 aliphatic carbocycles. The minimum absolute atomic E-state index is 0.238. The van der Waals surface area contributed by atoms with E-state index in [1.54, 1.807) is 23.0 Å². The summed E-state index contributed by atoms with van der Waals surface area (Å²) in [6, 6.07) is 7.15. The van der Waals surface area contributed by atoms with Gasteiger partial charge in [0.05, 0.1) is 11.8 Å². The van der Waals surface area contributed by atoms with Gasteiger partial charge in [-0.1, -0.05) is 31.7 Å². The summed E-state index contributed by atoms with van der Waals surface area (Å²) in [4.78, 5) is 9.96. The first-order valence-electron chi connectivity index (χ1n) is 11.9. The molecule has 0 bridgehead atoms. The Balaban J connectivity index is 1.41. The molecular formula is C26H35FN6. The van der Waals surface area contributed by atoms with Gasteiger partial charge in [0.15, 0.2) is 5.82 Å². The van der Waals surface area contributed by atoms with E-state index < -0.39 is 0 Å². The predicted molar refractivity (Wildman–Crippen MR) is 133 cm³/mol. The van der Waals surface area contributed by atoms with Gasteiger partial charge in [-0.3, -0.25) is 4.68 Å². The lowest BCUT2D eigenvalue weighted by molar-refractivity contribution is 0.115. The van der Waals surface area contributed by atoms with Crippen molar-refractivity contribution in [2.24, 2.45) is 12.0 Å². The van der Waals surface area contributed by atoms with E-state index in [0.717, 1.165) is 54.4 Å². The van der Waals surface area contributed by atoms with Crippen LogP contribution in [0.4, 0.5) is 10.2 Å². The van der Waals surface area contributed by atoms with Crippen molar-refractivity contribution in [3.8, 4) is 0 Å². The maximum absolute atomic E-state index is 13.2. The molecule has 2 aromatic rings. The molecule has 176 valence electrons. The largest absolute Gasteiger partial charge is 0.381 e. The van der Waals surface area contributed by atoms with Gasteiger partial charge in [0.2, 0.25) is 0 Å². The van der Waals surface area contributed by atoms with E-state index in [9.17, 15) is 4.39 Å². The second kappa shape index (κ2) is 10.8. The van der Waals surface area contributed by atoms with Crippen molar-refractivity contribution in [1.82, 2.24) is 24.9 Å². The molecule has 33 heavy (non-hydrogen) atoms. The minimum Gasteiger partial charge on any atom is -0.381 e. The summed E-state index contributed by atoms with van der Waals surface area (Å²) in [5.41, 5.74) is 2.57. The number of likely N-dealkylation sites (tertiary alicyclic amines) is 2. The van der Waals surface area contributed by atoms with Gasteiger partial charge in [0.1, 0.15) is 11.7 Å². The third-order valence-electron chi connectivity index (χ3n) is 6.75. The van der Waals surface area contributed by atoms with Crippen molar-refractivity contribution >= 4 is 17.4 Å². The Morgan fingerprint density at radius 1 is 1.15 bits per heavy atom. The Bertz CT molecular complexity index is 979. The molecule has 0 saturated carbocycles. The zero-order chi connectivity index (χ0) is 23.2. The second-order valence-corrected chi connectivity index (χ2v) is 8.95. The Morgan fingerprint density at radius 3 is 2.52 bits per heavy atom. The SMILES string of the molecule is C=C/C(=N\c1c(C(=C)NCc2ccc(F)cc2)cnn1C)N1CCC(N2CCCCC2)CC1. The van der Waals surface area contributed by atoms with E-state index in [1.807, 2.05) is 13.1 Å². The monoisotopic (exact) mass is 450 g/mol. The summed E-state index contributed by atoms with van der Waals surface area (Å²) >= 11 is 0. The fourth-order valence-corrected chi connectivity index (χ4v) is 4.78. The van der Waals surface area contributed by atoms with Gasteiger partial charge in [0, 0.05) is 38.4 Å². The molecule has 2 saturated heterocycles. The second-order valence-electron chi connectivity index (χ2n) is 8.95. The number of nitrogens with zero attached hydrogens (tertiary/aromatic N) is 5. The molecule has 0 radical (unpaired) electrons. The van der Waals surface area contributed by atoms with Gasteiger partial charge in [-0.2, -0.15) is 5.10 Å². The maximum atomic E-state index is 13.2. The summed E-state index contributed by atoms with van der Waals surface area (Å²) < 4.78 is 14.9. The van der Waals surface area contributed by atoms with Crippen LogP contribution < -0.4 is 5.32 Å². The van der Waals surface area contributed by atoms with Crippen LogP contribution in [-0.4, -0.2) is 57.6 Å². The van der Waals surface area contributed by atoms with Crippen LogP contribution in [0.15, 0.2) is 54.7 Å². The smallest absolute Gasteiger partial charge is 0.161 e. The quantitative estimate of drug-likeness (QED) is 0.499. The van der Waals surface area contributed by atoms with E-state index in [4.69, 9.17) is 4.99 Å². The topological polar surface area (TPSA) is 48.7 Å². The normalized spacial score (nSPS) is 18.4. The summed E-state index contributed by atoms with van der Waals surface area (Å²) in [5.74, 6) is 1.39. The molecule has 0 unspecified atom stereocenters. The van der Waals surface area contributed by atoms with Gasteiger partial charge < -0.3 is 15.1 Å². The lowest BCUT2D eigenvalue weighted by atomic mass is 10.00. The van der Waals surface area contributed by atoms with Crippen molar-refractivity contribution in [1.29, 1.82) is 0 Å².